The first kappa shape index (κ1) is 13.3. The molecule has 2 fully saturated rings. The fraction of sp³-hybridized carbons (Fsp3) is 0.643. The molecule has 1 aliphatic heterocycles. The highest BCUT2D eigenvalue weighted by Gasteiger charge is 2.42. The monoisotopic (exact) mass is 277 g/mol. The summed E-state index contributed by atoms with van der Waals surface area (Å²) in [7, 11) is 0. The zero-order valence-corrected chi connectivity index (χ0v) is 11.4. The van der Waals surface area contributed by atoms with Gasteiger partial charge >= 0.3 is 5.82 Å². The van der Waals surface area contributed by atoms with Crippen molar-refractivity contribution in [1.29, 1.82) is 0 Å². The maximum absolute atomic E-state index is 10.6. The Kier molecular flexibility index (Phi) is 3.33. The summed E-state index contributed by atoms with van der Waals surface area (Å²) in [4.78, 5) is 16.2. The van der Waals surface area contributed by atoms with E-state index >= 15 is 0 Å². The summed E-state index contributed by atoms with van der Waals surface area (Å²) in [5, 5.41) is 21.3. The lowest BCUT2D eigenvalue weighted by Crippen LogP contribution is -2.53. The van der Waals surface area contributed by atoms with Gasteiger partial charge in [0.1, 0.15) is 0 Å². The third-order valence-electron chi connectivity index (χ3n) is 4.71. The summed E-state index contributed by atoms with van der Waals surface area (Å²) in [5.41, 5.74) is 0.409. The molecule has 2 unspecified atom stereocenters. The van der Waals surface area contributed by atoms with Crippen molar-refractivity contribution in [3.8, 4) is 0 Å². The molecule has 2 aliphatic rings. The van der Waals surface area contributed by atoms with Gasteiger partial charge in [-0.25, -0.2) is 0 Å². The molecule has 0 amide bonds. The number of aliphatic hydroxyl groups is 1. The zero-order chi connectivity index (χ0) is 14.2. The molecule has 3 rings (SSSR count). The molecular formula is C14H19N3O3. The van der Waals surface area contributed by atoms with Crippen LogP contribution in [0, 0.1) is 16.0 Å². The SMILES string of the molecule is O=[N+]([O-])c1ccc(N2CCC3(O)CCCCC3C2)cn1. The summed E-state index contributed by atoms with van der Waals surface area (Å²) < 4.78 is 0. The Balaban J connectivity index is 1.74. The van der Waals surface area contributed by atoms with Crippen LogP contribution in [0.3, 0.4) is 0 Å². The van der Waals surface area contributed by atoms with E-state index in [9.17, 15) is 15.2 Å². The summed E-state index contributed by atoms with van der Waals surface area (Å²) in [6.45, 7) is 1.60. The van der Waals surface area contributed by atoms with Crippen LogP contribution in [0.1, 0.15) is 32.1 Å². The lowest BCUT2D eigenvalue weighted by atomic mass is 9.71. The molecule has 1 aromatic rings. The standard InChI is InChI=1S/C14H19N3O3/c18-14-6-2-1-3-11(14)10-16(8-7-14)12-4-5-13(15-9-12)17(19)20/h4-5,9,11,18H,1-3,6-8,10H2. The number of piperidine rings is 1. The van der Waals surface area contributed by atoms with Crippen LogP contribution in [0.15, 0.2) is 18.3 Å². The van der Waals surface area contributed by atoms with E-state index in [1.54, 1.807) is 12.3 Å². The van der Waals surface area contributed by atoms with Gasteiger partial charge in [-0.15, -0.1) is 0 Å². The first-order valence-electron chi connectivity index (χ1n) is 7.16. The number of pyridine rings is 1. The summed E-state index contributed by atoms with van der Waals surface area (Å²) in [6, 6.07) is 3.19. The topological polar surface area (TPSA) is 79.5 Å². The summed E-state index contributed by atoms with van der Waals surface area (Å²) in [5.74, 6) is 0.181. The third-order valence-corrected chi connectivity index (χ3v) is 4.71. The van der Waals surface area contributed by atoms with Gasteiger partial charge < -0.3 is 20.1 Å². The van der Waals surface area contributed by atoms with E-state index in [1.165, 1.54) is 12.5 Å². The molecule has 1 saturated carbocycles. The van der Waals surface area contributed by atoms with Gasteiger partial charge in [-0.1, -0.05) is 12.8 Å². The molecule has 2 atom stereocenters. The smallest absolute Gasteiger partial charge is 0.363 e. The predicted octanol–water partition coefficient (Wildman–Crippen LogP) is 2.12. The van der Waals surface area contributed by atoms with Crippen LogP contribution in [-0.4, -0.2) is 33.7 Å². The molecule has 0 aromatic carbocycles. The van der Waals surface area contributed by atoms with Crippen LogP contribution in [0.2, 0.25) is 0 Å². The lowest BCUT2D eigenvalue weighted by Gasteiger charge is -2.47. The maximum atomic E-state index is 10.6. The molecule has 6 nitrogen and oxygen atoms in total. The Labute approximate surface area is 117 Å². The Morgan fingerprint density at radius 1 is 1.40 bits per heavy atom. The third kappa shape index (κ3) is 2.35. The summed E-state index contributed by atoms with van der Waals surface area (Å²) in [6.07, 6.45) is 6.60. The largest absolute Gasteiger partial charge is 0.389 e. The molecule has 6 heteroatoms. The van der Waals surface area contributed by atoms with Gasteiger partial charge in [0.05, 0.1) is 11.3 Å². The molecule has 1 saturated heterocycles. The van der Waals surface area contributed by atoms with Crippen LogP contribution in [-0.2, 0) is 0 Å². The van der Waals surface area contributed by atoms with Gasteiger partial charge in [0.2, 0.25) is 0 Å². The number of nitro groups is 1. The van der Waals surface area contributed by atoms with Gasteiger partial charge in [-0.2, -0.15) is 0 Å². The Hall–Kier alpha value is -1.69. The van der Waals surface area contributed by atoms with Gasteiger partial charge in [0, 0.05) is 25.1 Å². The maximum Gasteiger partial charge on any atom is 0.363 e. The molecule has 1 aliphatic carbocycles. The fourth-order valence-electron chi connectivity index (χ4n) is 3.48. The lowest BCUT2D eigenvalue weighted by molar-refractivity contribution is -0.389. The van der Waals surface area contributed by atoms with Gasteiger partial charge in [0.15, 0.2) is 6.20 Å². The van der Waals surface area contributed by atoms with Gasteiger partial charge in [0.25, 0.3) is 0 Å². The number of rotatable bonds is 2. The van der Waals surface area contributed by atoms with Crippen LogP contribution in [0.5, 0.6) is 0 Å². The normalized spacial score (nSPS) is 29.9. The minimum absolute atomic E-state index is 0.125. The second-order valence-electron chi connectivity index (χ2n) is 5.87. The highest BCUT2D eigenvalue weighted by Crippen LogP contribution is 2.40. The minimum atomic E-state index is -0.497. The van der Waals surface area contributed by atoms with Gasteiger partial charge in [-0.3, -0.25) is 0 Å². The highest BCUT2D eigenvalue weighted by molar-refractivity contribution is 5.47. The van der Waals surface area contributed by atoms with E-state index in [0.717, 1.165) is 44.5 Å². The minimum Gasteiger partial charge on any atom is -0.389 e. The number of aromatic nitrogens is 1. The quantitative estimate of drug-likeness (QED) is 0.661. The Morgan fingerprint density at radius 3 is 2.95 bits per heavy atom. The zero-order valence-electron chi connectivity index (χ0n) is 11.4. The van der Waals surface area contributed by atoms with Crippen molar-refractivity contribution in [2.24, 2.45) is 5.92 Å². The average Bonchev–Trinajstić information content (AvgIpc) is 2.46. The van der Waals surface area contributed by atoms with E-state index in [-0.39, 0.29) is 5.82 Å². The van der Waals surface area contributed by atoms with Crippen molar-refractivity contribution in [3.63, 3.8) is 0 Å². The van der Waals surface area contributed by atoms with Gasteiger partial charge in [-0.05, 0) is 35.2 Å². The first-order valence-corrected chi connectivity index (χ1v) is 7.16. The van der Waals surface area contributed by atoms with E-state index in [0.29, 0.717) is 5.92 Å². The van der Waals surface area contributed by atoms with Crippen molar-refractivity contribution < 1.29 is 10.0 Å². The molecule has 0 spiro atoms. The van der Waals surface area contributed by atoms with Crippen molar-refractivity contribution in [1.82, 2.24) is 4.98 Å². The Morgan fingerprint density at radius 2 is 2.25 bits per heavy atom. The molecule has 1 N–H and O–H groups in total. The Bertz CT molecular complexity index is 505. The fourth-order valence-corrected chi connectivity index (χ4v) is 3.48. The molecule has 0 radical (unpaired) electrons. The molecule has 108 valence electrons. The first-order chi connectivity index (χ1) is 9.58. The van der Waals surface area contributed by atoms with E-state index in [4.69, 9.17) is 0 Å². The van der Waals surface area contributed by atoms with E-state index in [2.05, 4.69) is 9.88 Å². The van der Waals surface area contributed by atoms with E-state index in [1.807, 2.05) is 0 Å². The van der Waals surface area contributed by atoms with Crippen LogP contribution in [0.4, 0.5) is 11.5 Å². The molecule has 0 bridgehead atoms. The van der Waals surface area contributed by atoms with Crippen molar-refractivity contribution in [2.75, 3.05) is 18.0 Å². The molecule has 1 aromatic heterocycles. The molecule has 2 heterocycles. The molecular weight excluding hydrogens is 258 g/mol. The predicted molar refractivity (Wildman–Crippen MR) is 74.6 cm³/mol. The van der Waals surface area contributed by atoms with Crippen LogP contribution in [0.25, 0.3) is 0 Å². The number of nitrogens with zero attached hydrogens (tertiary/aromatic N) is 3. The van der Waals surface area contributed by atoms with Crippen molar-refractivity contribution >= 4 is 11.5 Å². The van der Waals surface area contributed by atoms with Crippen LogP contribution < -0.4 is 4.90 Å². The van der Waals surface area contributed by atoms with Crippen molar-refractivity contribution in [2.45, 2.75) is 37.7 Å². The second-order valence-corrected chi connectivity index (χ2v) is 5.87. The number of hydrogen-bond acceptors (Lipinski definition) is 5. The van der Waals surface area contributed by atoms with Crippen molar-refractivity contribution in [3.05, 3.63) is 28.4 Å². The summed E-state index contributed by atoms with van der Waals surface area (Å²) >= 11 is 0. The number of fused-ring (bicyclic) bond motifs is 1. The second kappa shape index (κ2) is 5.01. The molecule has 20 heavy (non-hydrogen) atoms. The van der Waals surface area contributed by atoms with Crippen LogP contribution >= 0.6 is 0 Å². The van der Waals surface area contributed by atoms with E-state index < -0.39 is 10.5 Å². The number of hydrogen-bond donors (Lipinski definition) is 1. The average molecular weight is 277 g/mol. The number of anilines is 1. The highest BCUT2D eigenvalue weighted by atomic mass is 16.6.